The molecule has 0 aliphatic heterocycles. The summed E-state index contributed by atoms with van der Waals surface area (Å²) in [5, 5.41) is 56.1. The van der Waals surface area contributed by atoms with Gasteiger partial charge in [-0.1, -0.05) is 23.4 Å². The largest absolute Gasteiger partial charge is 0.505 e. The molecule has 0 saturated carbocycles. The number of rotatable bonds is 18. The number of fused-ring (bicyclic) bond motifs is 1. The number of anilines is 1. The van der Waals surface area contributed by atoms with Crippen molar-refractivity contribution < 1.29 is 75.2 Å². The van der Waals surface area contributed by atoms with Crippen molar-refractivity contribution in [2.24, 2.45) is 20.5 Å². The van der Waals surface area contributed by atoms with Crippen molar-refractivity contribution in [3.63, 3.8) is 0 Å². The zero-order valence-electron chi connectivity index (χ0n) is 28.0. The first-order chi connectivity index (χ1) is 25.8. The van der Waals surface area contributed by atoms with Crippen LogP contribution in [0.25, 0.3) is 10.8 Å². The minimum atomic E-state index is -4.86. The molecule has 55 heavy (non-hydrogen) atoms. The van der Waals surface area contributed by atoms with Crippen LogP contribution in [0.5, 0.6) is 11.5 Å². The summed E-state index contributed by atoms with van der Waals surface area (Å²) < 4.78 is 73.5. The fourth-order valence-corrected chi connectivity index (χ4v) is 7.39. The smallest absolute Gasteiger partial charge is 0.433 e. The Kier molecular flexibility index (Phi) is 17.3. The van der Waals surface area contributed by atoms with Crippen molar-refractivity contribution in [1.82, 2.24) is 0 Å². The summed E-state index contributed by atoms with van der Waals surface area (Å²) in [7, 11) is -7.13. The van der Waals surface area contributed by atoms with Gasteiger partial charge in [-0.15, -0.1) is 29.1 Å². The van der Waals surface area contributed by atoms with E-state index < -0.39 is 26.0 Å². The monoisotopic (exact) mass is 863 g/mol. The highest BCUT2D eigenvalue weighted by Gasteiger charge is 2.20. The van der Waals surface area contributed by atoms with Crippen LogP contribution < -0.4 is 10.5 Å². The number of benzene rings is 4. The number of nitrogens with two attached hydrogens (primary N) is 1. The lowest BCUT2D eigenvalue weighted by atomic mass is 10.1. The first-order valence-electron chi connectivity index (χ1n) is 14.6. The van der Waals surface area contributed by atoms with Crippen LogP contribution in [-0.2, 0) is 48.2 Å². The molecule has 0 fully saturated rings. The van der Waals surface area contributed by atoms with Crippen LogP contribution >= 0.6 is 35.8 Å². The molecule has 21 nitrogen and oxygen atoms in total. The van der Waals surface area contributed by atoms with E-state index in [9.17, 15) is 21.9 Å². The van der Waals surface area contributed by atoms with E-state index in [4.69, 9.17) is 25.5 Å². The van der Waals surface area contributed by atoms with Gasteiger partial charge in [0, 0.05) is 20.9 Å². The number of phenols is 1. The minimum absolute atomic E-state index is 0. The number of sulfone groups is 1. The van der Waals surface area contributed by atoms with Gasteiger partial charge in [-0.25, -0.2) is 18.9 Å². The van der Waals surface area contributed by atoms with Gasteiger partial charge in [-0.05, 0) is 77.1 Å². The van der Waals surface area contributed by atoms with Crippen LogP contribution in [-0.4, -0.2) is 55.3 Å². The van der Waals surface area contributed by atoms with E-state index in [2.05, 4.69) is 53.7 Å². The predicted octanol–water partition coefficient (Wildman–Crippen LogP) is 7.33. The lowest BCUT2D eigenvalue weighted by Crippen LogP contribution is -2.06. The van der Waals surface area contributed by atoms with Crippen molar-refractivity contribution in [1.29, 1.82) is 0 Å². The zero-order valence-corrected chi connectivity index (χ0v) is 32.1. The SMILES string of the molecule is CCCCS(=O)(=O)c1ccc(N=Nc2c(N)ccc3c(O)c(N=Nc4cc(SC#COOS(=O)(=O)O)ccc4OC)c(SOOO)cc23)c(SOOO)c1.O. The number of hydrogen-bond acceptors (Lipinski definition) is 22. The highest BCUT2D eigenvalue weighted by atomic mass is 32.3. The van der Waals surface area contributed by atoms with Crippen molar-refractivity contribution in [2.75, 3.05) is 18.6 Å². The van der Waals surface area contributed by atoms with Crippen molar-refractivity contribution in [3.8, 4) is 22.9 Å². The average Bonchev–Trinajstić information content (AvgIpc) is 3.14. The maximum atomic E-state index is 12.8. The van der Waals surface area contributed by atoms with Crippen LogP contribution in [0.15, 0.2) is 94.6 Å². The Morgan fingerprint density at radius 2 is 1.53 bits per heavy atom. The number of unbranched alkanes of at least 4 members (excludes halogenated alkanes) is 1. The second-order valence-corrected chi connectivity index (χ2v) is 15.5. The van der Waals surface area contributed by atoms with E-state index in [0.29, 0.717) is 41.8 Å². The molecule has 26 heteroatoms. The fraction of sp³-hybridized carbons (Fsp3) is 0.172. The number of methoxy groups -OCH3 is 1. The molecule has 0 spiro atoms. The van der Waals surface area contributed by atoms with Gasteiger partial charge < -0.3 is 21.1 Å². The van der Waals surface area contributed by atoms with E-state index >= 15 is 0 Å². The molecule has 8 N–H and O–H groups in total. The Morgan fingerprint density at radius 1 is 0.836 bits per heavy atom. The Bertz CT molecular complexity index is 2320. The molecular weight excluding hydrogens is 835 g/mol. The van der Waals surface area contributed by atoms with Gasteiger partial charge in [0.15, 0.2) is 21.7 Å². The molecule has 4 rings (SSSR count). The Hall–Kier alpha value is -4.31. The quantitative estimate of drug-likeness (QED) is 0.00954. The maximum Gasteiger partial charge on any atom is 0.433 e. The van der Waals surface area contributed by atoms with Gasteiger partial charge >= 0.3 is 10.4 Å². The Morgan fingerprint density at radius 3 is 2.20 bits per heavy atom. The summed E-state index contributed by atoms with van der Waals surface area (Å²) in [4.78, 5) is 4.67. The molecule has 0 heterocycles. The first-order valence-corrected chi connectivity index (χ1v) is 19.9. The molecule has 0 aliphatic rings. The van der Waals surface area contributed by atoms with Crippen LogP contribution in [0.2, 0.25) is 0 Å². The molecule has 4 aromatic rings. The van der Waals surface area contributed by atoms with E-state index in [0.717, 1.165) is 11.8 Å². The highest BCUT2D eigenvalue weighted by molar-refractivity contribution is 8.04. The Balaban J connectivity index is 0.00000812. The minimum Gasteiger partial charge on any atom is -0.505 e. The summed E-state index contributed by atoms with van der Waals surface area (Å²) in [6, 6.07) is 12.9. The molecule has 0 saturated heterocycles. The van der Waals surface area contributed by atoms with E-state index in [1.807, 2.05) is 13.0 Å². The number of aromatic hydroxyl groups is 1. The second-order valence-electron chi connectivity index (χ2n) is 10.0. The predicted molar refractivity (Wildman–Crippen MR) is 197 cm³/mol. The third kappa shape index (κ3) is 12.6. The topological polar surface area (TPSA) is 321 Å². The van der Waals surface area contributed by atoms with Gasteiger partial charge in [0.1, 0.15) is 28.5 Å². The Labute approximate surface area is 325 Å². The summed E-state index contributed by atoms with van der Waals surface area (Å²) >= 11 is 1.77. The third-order valence-electron chi connectivity index (χ3n) is 6.64. The summed E-state index contributed by atoms with van der Waals surface area (Å²) in [5.74, 6) is -0.268. The number of nitrogens with zero attached hydrogens (tertiary/aromatic N) is 4. The average molecular weight is 864 g/mol. The van der Waals surface area contributed by atoms with E-state index in [1.165, 1.54) is 55.6 Å². The zero-order chi connectivity index (χ0) is 39.3. The summed E-state index contributed by atoms with van der Waals surface area (Å²) in [6.45, 7) is 1.86. The lowest BCUT2D eigenvalue weighted by Gasteiger charge is -2.12. The van der Waals surface area contributed by atoms with Gasteiger partial charge in [-0.3, -0.25) is 9.44 Å². The van der Waals surface area contributed by atoms with Gasteiger partial charge in [0.05, 0.1) is 57.3 Å². The molecular formula is C29H29N5O16S5. The third-order valence-corrected chi connectivity index (χ3v) is 10.6. The molecule has 0 radical (unpaired) electrons. The second kappa shape index (κ2) is 21.1. The van der Waals surface area contributed by atoms with Crippen LogP contribution in [0.3, 0.4) is 0 Å². The van der Waals surface area contributed by atoms with E-state index in [-0.39, 0.29) is 70.9 Å². The molecule has 0 unspecified atom stereocenters. The standard InChI is InChI=1S/C29H27N5O15S5.H2O/c1-3-4-13-53(38,39)18-6-9-22(25(15-18)51-47-45-36)31-33-27-20-16-26(52-48-46-37)28(29(35)19(20)7-8-21(27)30)34-32-23-14-17(5-10-24(23)43-2)50-12-11-44-49-54(40,41)42;/h5-10,14-16,35-37H,3-4,13,30H2,1-2H3,(H,40,41,42);1H2. The molecule has 0 amide bonds. The van der Waals surface area contributed by atoms with Crippen molar-refractivity contribution >= 4 is 95.3 Å². The molecule has 0 atom stereocenters. The molecule has 0 bridgehead atoms. The van der Waals surface area contributed by atoms with Gasteiger partial charge in [0.25, 0.3) is 0 Å². The lowest BCUT2D eigenvalue weighted by molar-refractivity contribution is -0.432. The molecule has 296 valence electrons. The summed E-state index contributed by atoms with van der Waals surface area (Å²) in [5.41, 5.74) is 6.51. The number of thioether (sulfide) groups is 1. The van der Waals surface area contributed by atoms with Gasteiger partial charge in [0.2, 0.25) is 0 Å². The van der Waals surface area contributed by atoms with Crippen LogP contribution in [0.1, 0.15) is 19.8 Å². The molecule has 0 aromatic heterocycles. The normalized spacial score (nSPS) is 11.8. The number of azo groups is 2. The number of phenolic OH excluding ortho intramolecular Hbond substituents is 1. The molecule has 0 aliphatic carbocycles. The van der Waals surface area contributed by atoms with Crippen LogP contribution in [0, 0.1) is 11.4 Å². The maximum absolute atomic E-state index is 12.8. The van der Waals surface area contributed by atoms with E-state index in [1.54, 1.807) is 6.07 Å². The highest BCUT2D eigenvalue weighted by Crippen LogP contribution is 2.48. The van der Waals surface area contributed by atoms with Crippen LogP contribution in [0.4, 0.5) is 28.4 Å². The van der Waals surface area contributed by atoms with Crippen molar-refractivity contribution in [3.05, 3.63) is 54.6 Å². The fourth-order valence-electron chi connectivity index (χ4n) is 4.26. The number of hydrogen-bond donors (Lipinski definition) is 5. The van der Waals surface area contributed by atoms with Gasteiger partial charge in [-0.2, -0.15) is 8.42 Å². The number of ether oxygens (including phenoxy) is 1. The first kappa shape index (κ1) is 45.1. The molecule has 4 aromatic carbocycles. The summed E-state index contributed by atoms with van der Waals surface area (Å²) in [6.07, 6.45) is 3.03. The van der Waals surface area contributed by atoms with Crippen molar-refractivity contribution in [2.45, 2.75) is 39.3 Å². The number of nitrogen functional groups attached to an aromatic ring is 1.